The van der Waals surface area contributed by atoms with Crippen molar-refractivity contribution < 1.29 is 9.59 Å². The summed E-state index contributed by atoms with van der Waals surface area (Å²) in [6.07, 6.45) is 0.481. The van der Waals surface area contributed by atoms with Gasteiger partial charge in [-0.1, -0.05) is 35.5 Å². The molecular weight excluding hydrogens is 258 g/mol. The van der Waals surface area contributed by atoms with E-state index >= 15 is 0 Å². The summed E-state index contributed by atoms with van der Waals surface area (Å²) in [6, 6.07) is 6.31. The Labute approximate surface area is 118 Å². The standard InChI is InChI=1S/C15H19NO2S/c1-10-4-5-11(2)13(6-10)8-16-9-14(7-15(16)18)19-12(3)17/h4-6,14H,7-9H2,1-3H3. The van der Waals surface area contributed by atoms with Crippen LogP contribution in [0.1, 0.15) is 30.0 Å². The highest BCUT2D eigenvalue weighted by atomic mass is 32.2. The molecule has 1 unspecified atom stereocenters. The first-order chi connectivity index (χ1) is 8.95. The Balaban J connectivity index is 2.05. The van der Waals surface area contributed by atoms with E-state index in [1.54, 1.807) is 6.92 Å². The zero-order valence-corrected chi connectivity index (χ0v) is 12.4. The van der Waals surface area contributed by atoms with Crippen LogP contribution in [0, 0.1) is 13.8 Å². The summed E-state index contributed by atoms with van der Waals surface area (Å²) in [5, 5.41) is 0.210. The van der Waals surface area contributed by atoms with Crippen molar-refractivity contribution in [2.24, 2.45) is 0 Å². The maximum absolute atomic E-state index is 12.0. The molecule has 1 heterocycles. The highest BCUT2D eigenvalue weighted by Gasteiger charge is 2.30. The van der Waals surface area contributed by atoms with Gasteiger partial charge in [-0.05, 0) is 25.0 Å². The van der Waals surface area contributed by atoms with Gasteiger partial charge in [-0.3, -0.25) is 9.59 Å². The number of amides is 1. The Morgan fingerprint density at radius 2 is 2.16 bits per heavy atom. The van der Waals surface area contributed by atoms with Crippen molar-refractivity contribution in [3.05, 3.63) is 34.9 Å². The largest absolute Gasteiger partial charge is 0.337 e. The van der Waals surface area contributed by atoms with Crippen molar-refractivity contribution in [2.75, 3.05) is 6.54 Å². The molecule has 3 nitrogen and oxygen atoms in total. The van der Waals surface area contributed by atoms with Gasteiger partial charge in [-0.15, -0.1) is 0 Å². The maximum atomic E-state index is 12.0. The van der Waals surface area contributed by atoms with E-state index in [2.05, 4.69) is 32.0 Å². The number of benzene rings is 1. The fraction of sp³-hybridized carbons (Fsp3) is 0.467. The van der Waals surface area contributed by atoms with Crippen LogP contribution in [0.3, 0.4) is 0 Å². The lowest BCUT2D eigenvalue weighted by Gasteiger charge is -2.18. The van der Waals surface area contributed by atoms with E-state index in [9.17, 15) is 9.59 Å². The lowest BCUT2D eigenvalue weighted by molar-refractivity contribution is -0.128. The van der Waals surface area contributed by atoms with Crippen molar-refractivity contribution in [1.82, 2.24) is 4.90 Å². The van der Waals surface area contributed by atoms with Crippen LogP contribution in [0.15, 0.2) is 18.2 Å². The van der Waals surface area contributed by atoms with E-state index < -0.39 is 0 Å². The number of thioether (sulfide) groups is 1. The molecule has 19 heavy (non-hydrogen) atoms. The third kappa shape index (κ3) is 3.60. The van der Waals surface area contributed by atoms with Gasteiger partial charge in [0.25, 0.3) is 0 Å². The minimum atomic E-state index is 0.0892. The molecule has 1 fully saturated rings. The van der Waals surface area contributed by atoms with Crippen molar-refractivity contribution in [3.8, 4) is 0 Å². The number of hydrogen-bond acceptors (Lipinski definition) is 3. The molecule has 0 bridgehead atoms. The molecule has 4 heteroatoms. The molecule has 0 aliphatic carbocycles. The summed E-state index contributed by atoms with van der Waals surface area (Å²) in [5.74, 6) is 0.152. The van der Waals surface area contributed by atoms with Crippen molar-refractivity contribution in [1.29, 1.82) is 0 Å². The lowest BCUT2D eigenvalue weighted by atomic mass is 10.1. The molecule has 1 atom stereocenters. The minimum absolute atomic E-state index is 0.0892. The van der Waals surface area contributed by atoms with Crippen LogP contribution in [0.25, 0.3) is 0 Å². The van der Waals surface area contributed by atoms with E-state index in [4.69, 9.17) is 0 Å². The van der Waals surface area contributed by atoms with Crippen LogP contribution in [0.5, 0.6) is 0 Å². The molecule has 1 aromatic rings. The summed E-state index contributed by atoms with van der Waals surface area (Å²) >= 11 is 1.29. The van der Waals surface area contributed by atoms with Gasteiger partial charge in [0.1, 0.15) is 0 Å². The molecule has 1 aromatic carbocycles. The van der Waals surface area contributed by atoms with Gasteiger partial charge in [-0.2, -0.15) is 0 Å². The summed E-state index contributed by atoms with van der Waals surface area (Å²) in [5.41, 5.74) is 3.62. The molecule has 1 saturated heterocycles. The van der Waals surface area contributed by atoms with Crippen molar-refractivity contribution in [2.45, 2.75) is 39.0 Å². The van der Waals surface area contributed by atoms with E-state index in [1.165, 1.54) is 28.5 Å². The van der Waals surface area contributed by atoms with E-state index in [0.29, 0.717) is 19.5 Å². The van der Waals surface area contributed by atoms with Crippen LogP contribution < -0.4 is 0 Å². The first-order valence-electron chi connectivity index (χ1n) is 6.47. The average Bonchev–Trinajstić information content (AvgIpc) is 2.63. The average molecular weight is 277 g/mol. The van der Waals surface area contributed by atoms with Crippen LogP contribution in [0.4, 0.5) is 0 Å². The molecule has 1 aliphatic heterocycles. The molecule has 0 saturated carbocycles. The molecule has 0 radical (unpaired) electrons. The number of carbonyl (C=O) groups excluding carboxylic acids is 2. The van der Waals surface area contributed by atoms with Gasteiger partial charge in [0.15, 0.2) is 5.12 Å². The van der Waals surface area contributed by atoms with Gasteiger partial charge >= 0.3 is 0 Å². The Morgan fingerprint density at radius 1 is 1.42 bits per heavy atom. The molecule has 2 rings (SSSR count). The number of aryl methyl sites for hydroxylation is 2. The number of carbonyl (C=O) groups is 2. The van der Waals surface area contributed by atoms with Gasteiger partial charge in [0, 0.05) is 31.7 Å². The lowest BCUT2D eigenvalue weighted by Crippen LogP contribution is -2.25. The van der Waals surface area contributed by atoms with Crippen LogP contribution in [-0.2, 0) is 16.1 Å². The number of rotatable bonds is 3. The van der Waals surface area contributed by atoms with Gasteiger partial charge in [0.2, 0.25) is 5.91 Å². The second kappa shape index (κ2) is 5.78. The molecule has 102 valence electrons. The Morgan fingerprint density at radius 3 is 2.84 bits per heavy atom. The number of nitrogens with zero attached hydrogens (tertiary/aromatic N) is 1. The van der Waals surface area contributed by atoms with E-state index in [-0.39, 0.29) is 16.3 Å². The Bertz CT molecular complexity index is 513. The third-order valence-corrected chi connectivity index (χ3v) is 4.36. The molecule has 0 spiro atoms. The van der Waals surface area contributed by atoms with Crippen LogP contribution >= 0.6 is 11.8 Å². The zero-order valence-electron chi connectivity index (χ0n) is 11.6. The predicted octanol–water partition coefficient (Wildman–Crippen LogP) is 2.68. The quantitative estimate of drug-likeness (QED) is 0.852. The SMILES string of the molecule is CC(=O)SC1CC(=O)N(Cc2cc(C)ccc2C)C1. The van der Waals surface area contributed by atoms with E-state index in [0.717, 1.165) is 0 Å². The molecule has 0 N–H and O–H groups in total. The summed E-state index contributed by atoms with van der Waals surface area (Å²) < 4.78 is 0. The van der Waals surface area contributed by atoms with Crippen LogP contribution in [-0.4, -0.2) is 27.7 Å². The van der Waals surface area contributed by atoms with Gasteiger partial charge < -0.3 is 4.90 Å². The minimum Gasteiger partial charge on any atom is -0.337 e. The number of hydrogen-bond donors (Lipinski definition) is 0. The first kappa shape index (κ1) is 14.1. The molecular formula is C15H19NO2S. The Kier molecular flexibility index (Phi) is 4.30. The fourth-order valence-electron chi connectivity index (χ4n) is 2.38. The fourth-order valence-corrected chi connectivity index (χ4v) is 3.33. The molecule has 1 aliphatic rings. The summed E-state index contributed by atoms with van der Waals surface area (Å²) in [4.78, 5) is 24.9. The smallest absolute Gasteiger partial charge is 0.224 e. The van der Waals surface area contributed by atoms with Crippen molar-refractivity contribution >= 4 is 22.8 Å². The van der Waals surface area contributed by atoms with E-state index in [1.807, 2.05) is 4.90 Å². The Hall–Kier alpha value is -1.29. The van der Waals surface area contributed by atoms with Crippen molar-refractivity contribution in [3.63, 3.8) is 0 Å². The summed E-state index contributed by atoms with van der Waals surface area (Å²) in [7, 11) is 0. The maximum Gasteiger partial charge on any atom is 0.224 e. The number of likely N-dealkylation sites (tertiary alicyclic amines) is 1. The monoisotopic (exact) mass is 277 g/mol. The topological polar surface area (TPSA) is 37.4 Å². The second-order valence-corrected chi connectivity index (χ2v) is 6.62. The summed E-state index contributed by atoms with van der Waals surface area (Å²) in [6.45, 7) is 7.01. The second-order valence-electron chi connectivity index (χ2n) is 5.14. The highest BCUT2D eigenvalue weighted by molar-refractivity contribution is 8.14. The van der Waals surface area contributed by atoms with Gasteiger partial charge in [0.05, 0.1) is 0 Å². The highest BCUT2D eigenvalue weighted by Crippen LogP contribution is 2.26. The third-order valence-electron chi connectivity index (χ3n) is 3.38. The van der Waals surface area contributed by atoms with Crippen LogP contribution in [0.2, 0.25) is 0 Å². The predicted molar refractivity (Wildman–Crippen MR) is 78.0 cm³/mol. The zero-order chi connectivity index (χ0) is 14.0. The van der Waals surface area contributed by atoms with Gasteiger partial charge in [-0.25, -0.2) is 0 Å². The molecule has 0 aromatic heterocycles. The first-order valence-corrected chi connectivity index (χ1v) is 7.35. The normalized spacial score (nSPS) is 19.0. The molecule has 1 amide bonds.